The number of nitrogen functional groups attached to an aromatic ring is 2. The quantitative estimate of drug-likeness (QED) is 0.156. The minimum Gasteiger partial charge on any atom is -0.383 e. The predicted octanol–water partition coefficient (Wildman–Crippen LogP) is 2.01. The van der Waals surface area contributed by atoms with Gasteiger partial charge in [-0.15, -0.1) is 0 Å². The number of fused-ring (bicyclic) bond motifs is 1. The van der Waals surface area contributed by atoms with Gasteiger partial charge in [-0.3, -0.25) is 22.7 Å². The second-order valence-corrected chi connectivity index (χ2v) is 15.1. The Kier molecular flexibility index (Phi) is 8.84. The second-order valence-electron chi connectivity index (χ2n) is 9.43. The van der Waals surface area contributed by atoms with Gasteiger partial charge in [-0.1, -0.05) is 24.5 Å². The van der Waals surface area contributed by atoms with Crippen LogP contribution in [0.4, 0.5) is 11.6 Å². The van der Waals surface area contributed by atoms with E-state index < -0.39 is 56.7 Å². The Morgan fingerprint density at radius 2 is 1.85 bits per heavy atom. The van der Waals surface area contributed by atoms with Gasteiger partial charge in [-0.25, -0.2) is 28.9 Å². The topological polar surface area (TPSA) is 231 Å². The number of nitrogens with zero attached hydrogens (tertiary/aromatic N) is 6. The van der Waals surface area contributed by atoms with Crippen molar-refractivity contribution in [1.82, 2.24) is 29.1 Å². The summed E-state index contributed by atoms with van der Waals surface area (Å²) in [4.78, 5) is 38.0. The van der Waals surface area contributed by atoms with Gasteiger partial charge < -0.3 is 25.8 Å². The van der Waals surface area contributed by atoms with Gasteiger partial charge in [0.15, 0.2) is 11.5 Å². The number of thiol groups is 2. The Labute approximate surface area is 243 Å². The molecule has 0 saturated carbocycles. The molecule has 3 aromatic rings. The number of rotatable bonds is 10. The highest BCUT2D eigenvalue weighted by Gasteiger charge is 2.43. The molecule has 0 aromatic carbocycles. The van der Waals surface area contributed by atoms with Crippen molar-refractivity contribution in [3.05, 3.63) is 34.9 Å². The summed E-state index contributed by atoms with van der Waals surface area (Å²) in [5.41, 5.74) is 12.4. The standard InChI is InChI=1S/C20H28N8O9P2S2/c1-10-5-27(20(29)26-17(10)21)15-4-12(13(36-15)7-33-38(30,31)40)37-39(32,41)34-6-11-2-3-14(35-11)28-9-25-16-18(22)23-8-24-19(16)28/h5,8-9,11-15H,2-4,6-7H2,1H3,(H,32,41)(H2,21,26,29)(H2,22,23,24)(H2,30,31,40)/t11-,12+,13+,14+,15+,39?/m0/s1. The molecule has 0 spiro atoms. The lowest BCUT2D eigenvalue weighted by atomic mass is 10.2. The highest BCUT2D eigenvalue weighted by molar-refractivity contribution is 8.44. The first-order chi connectivity index (χ1) is 19.3. The Balaban J connectivity index is 1.23. The third-order valence-corrected chi connectivity index (χ3v) is 9.02. The third kappa shape index (κ3) is 7.13. The molecule has 2 saturated heterocycles. The summed E-state index contributed by atoms with van der Waals surface area (Å²) in [6.45, 7) is -7.10. The van der Waals surface area contributed by atoms with Crippen molar-refractivity contribution >= 4 is 60.9 Å². The van der Waals surface area contributed by atoms with Crippen LogP contribution in [-0.2, 0) is 32.2 Å². The average Bonchev–Trinajstić information content (AvgIpc) is 3.62. The zero-order chi connectivity index (χ0) is 29.5. The lowest BCUT2D eigenvalue weighted by Crippen LogP contribution is -2.29. The van der Waals surface area contributed by atoms with Gasteiger partial charge in [0.1, 0.15) is 42.3 Å². The average molecular weight is 651 g/mol. The number of anilines is 2. The Bertz CT molecular complexity index is 1590. The van der Waals surface area contributed by atoms with Gasteiger partial charge in [-0.05, 0) is 19.8 Å². The molecular weight excluding hydrogens is 622 g/mol. The van der Waals surface area contributed by atoms with E-state index in [1.165, 1.54) is 17.1 Å². The molecule has 0 amide bonds. The van der Waals surface area contributed by atoms with E-state index >= 15 is 0 Å². The molecular formula is C20H28N8O9P2S2. The van der Waals surface area contributed by atoms with Gasteiger partial charge in [0.05, 0.1) is 25.6 Å². The monoisotopic (exact) mass is 650 g/mol. The summed E-state index contributed by atoms with van der Waals surface area (Å²) >= 11 is 7.61. The van der Waals surface area contributed by atoms with Crippen molar-refractivity contribution in [3.63, 3.8) is 0 Å². The molecule has 0 bridgehead atoms. The van der Waals surface area contributed by atoms with E-state index in [1.807, 2.05) is 0 Å². The fraction of sp³-hybridized carbons (Fsp3) is 0.550. The van der Waals surface area contributed by atoms with Gasteiger partial charge in [-0.2, -0.15) is 4.98 Å². The minimum atomic E-state index is -4.18. The van der Waals surface area contributed by atoms with E-state index in [4.69, 9.17) is 34.5 Å². The maximum Gasteiger partial charge on any atom is 0.386 e. The largest absolute Gasteiger partial charge is 0.386 e. The van der Waals surface area contributed by atoms with E-state index in [-0.39, 0.29) is 24.7 Å². The number of aryl methyl sites for hydroxylation is 1. The summed E-state index contributed by atoms with van der Waals surface area (Å²) in [7, 11) is 0. The molecule has 2 unspecified atom stereocenters. The van der Waals surface area contributed by atoms with Crippen LogP contribution >= 0.6 is 38.1 Å². The molecule has 2 aliphatic heterocycles. The molecule has 5 N–H and O–H groups in total. The lowest BCUT2D eigenvalue weighted by Gasteiger charge is -2.23. The molecule has 21 heteroatoms. The fourth-order valence-electron chi connectivity index (χ4n) is 4.56. The number of imidazole rings is 1. The minimum absolute atomic E-state index is 0.00409. The lowest BCUT2D eigenvalue weighted by molar-refractivity contribution is -0.0413. The molecule has 0 aliphatic carbocycles. The van der Waals surface area contributed by atoms with Gasteiger partial charge >= 0.3 is 19.3 Å². The van der Waals surface area contributed by atoms with E-state index in [9.17, 15) is 18.8 Å². The first-order valence-electron chi connectivity index (χ1n) is 12.2. The van der Waals surface area contributed by atoms with Crippen LogP contribution in [0.1, 0.15) is 37.3 Å². The van der Waals surface area contributed by atoms with Crippen molar-refractivity contribution in [2.45, 2.75) is 57.0 Å². The highest BCUT2D eigenvalue weighted by Crippen LogP contribution is 2.57. The molecule has 2 fully saturated rings. The SMILES string of the molecule is Cc1cn([C@H]2C[C@@H](OP(=O)(S)OC[C@@H]3CC[C@H](n4cnc5c(N)ncnc54)O3)[C@@H](COP(=O)(O)S)O2)c(=O)nc1N. The molecule has 5 heterocycles. The smallest absolute Gasteiger partial charge is 0.383 e. The molecule has 224 valence electrons. The van der Waals surface area contributed by atoms with Crippen molar-refractivity contribution in [3.8, 4) is 0 Å². The van der Waals surface area contributed by atoms with Crippen molar-refractivity contribution in [2.24, 2.45) is 0 Å². The number of hydrogen-bond acceptors (Lipinski definition) is 14. The van der Waals surface area contributed by atoms with E-state index in [0.29, 0.717) is 29.6 Å². The van der Waals surface area contributed by atoms with Crippen molar-refractivity contribution in [2.75, 3.05) is 24.7 Å². The van der Waals surface area contributed by atoms with Crippen LogP contribution < -0.4 is 17.2 Å². The summed E-state index contributed by atoms with van der Waals surface area (Å²) in [6, 6.07) is 0. The van der Waals surface area contributed by atoms with Crippen LogP contribution in [0.3, 0.4) is 0 Å². The highest BCUT2D eigenvalue weighted by atomic mass is 32.7. The van der Waals surface area contributed by atoms with Crippen molar-refractivity contribution in [1.29, 1.82) is 0 Å². The second kappa shape index (κ2) is 11.9. The number of aromatic nitrogens is 6. The van der Waals surface area contributed by atoms with E-state index in [1.54, 1.807) is 17.8 Å². The van der Waals surface area contributed by atoms with Gasteiger partial charge in [0, 0.05) is 18.2 Å². The zero-order valence-electron chi connectivity index (χ0n) is 21.5. The maximum absolute atomic E-state index is 13.2. The first-order valence-corrected chi connectivity index (χ1v) is 17.7. The zero-order valence-corrected chi connectivity index (χ0v) is 25.1. The van der Waals surface area contributed by atoms with Gasteiger partial charge in [0.25, 0.3) is 0 Å². The van der Waals surface area contributed by atoms with Crippen LogP contribution in [0, 0.1) is 6.92 Å². The summed E-state index contributed by atoms with van der Waals surface area (Å²) in [5, 5.41) is 0. The molecule has 7 atom stereocenters. The Morgan fingerprint density at radius 1 is 1.07 bits per heavy atom. The molecule has 0 radical (unpaired) electrons. The molecule has 17 nitrogen and oxygen atoms in total. The van der Waals surface area contributed by atoms with Crippen LogP contribution in [0.2, 0.25) is 0 Å². The molecule has 2 aliphatic rings. The summed E-state index contributed by atoms with van der Waals surface area (Å²) < 4.78 is 55.7. The van der Waals surface area contributed by atoms with Crippen LogP contribution in [0.25, 0.3) is 11.2 Å². The Hall–Kier alpha value is -2.05. The Morgan fingerprint density at radius 3 is 2.61 bits per heavy atom. The first kappa shape index (κ1) is 30.4. The number of nitrogens with two attached hydrogens (primary N) is 2. The van der Waals surface area contributed by atoms with Crippen LogP contribution in [0.15, 0.2) is 23.6 Å². The predicted molar refractivity (Wildman–Crippen MR) is 151 cm³/mol. The van der Waals surface area contributed by atoms with Crippen LogP contribution in [0.5, 0.6) is 0 Å². The fourth-order valence-corrected chi connectivity index (χ4v) is 6.65. The third-order valence-electron chi connectivity index (χ3n) is 6.55. The maximum atomic E-state index is 13.2. The number of hydrogen-bond donors (Lipinski definition) is 5. The normalized spacial score (nSPS) is 27.7. The molecule has 5 rings (SSSR count). The summed E-state index contributed by atoms with van der Waals surface area (Å²) in [5.74, 6) is 0.321. The summed E-state index contributed by atoms with van der Waals surface area (Å²) in [6.07, 6.45) is 1.72. The van der Waals surface area contributed by atoms with Crippen LogP contribution in [-0.4, -0.2) is 65.5 Å². The molecule has 41 heavy (non-hydrogen) atoms. The van der Waals surface area contributed by atoms with E-state index in [0.717, 1.165) is 0 Å². The molecule has 3 aromatic heterocycles. The number of ether oxygens (including phenoxy) is 2. The van der Waals surface area contributed by atoms with E-state index in [2.05, 4.69) is 44.4 Å². The van der Waals surface area contributed by atoms with Gasteiger partial charge in [0.2, 0.25) is 0 Å². The van der Waals surface area contributed by atoms with Crippen molar-refractivity contribution < 1.29 is 37.1 Å².